The highest BCUT2D eigenvalue weighted by atomic mass is 16.7. The van der Waals surface area contributed by atoms with E-state index in [2.05, 4.69) is 20.6 Å². The largest absolute Gasteiger partial charge is 0.454 e. The van der Waals surface area contributed by atoms with Gasteiger partial charge in [0.1, 0.15) is 5.52 Å². The molecule has 138 valence electrons. The maximum atomic E-state index is 12.4. The van der Waals surface area contributed by atoms with Crippen LogP contribution in [-0.2, 0) is 6.54 Å². The molecule has 2 aromatic carbocycles. The second kappa shape index (κ2) is 6.66. The topological polar surface area (TPSA) is 91.2 Å². The minimum absolute atomic E-state index is 0.161. The van der Waals surface area contributed by atoms with E-state index in [0.29, 0.717) is 29.0 Å². The van der Waals surface area contributed by atoms with Gasteiger partial charge in [-0.05, 0) is 54.1 Å². The summed E-state index contributed by atoms with van der Waals surface area (Å²) in [5, 5.41) is 11.1. The molecule has 0 bridgehead atoms. The highest BCUT2D eigenvalue weighted by Gasteiger charge is 2.14. The Hall–Kier alpha value is -3.94. The van der Waals surface area contributed by atoms with E-state index in [1.807, 2.05) is 42.5 Å². The number of nitrogens with one attached hydrogen (secondary N) is 1. The van der Waals surface area contributed by atoms with Crippen molar-refractivity contribution in [1.82, 2.24) is 25.3 Å². The van der Waals surface area contributed by atoms with Crippen LogP contribution in [0.4, 0.5) is 0 Å². The molecule has 28 heavy (non-hydrogen) atoms. The van der Waals surface area contributed by atoms with E-state index in [9.17, 15) is 4.79 Å². The molecule has 0 saturated heterocycles. The first-order valence-electron chi connectivity index (χ1n) is 8.71. The van der Waals surface area contributed by atoms with Crippen LogP contribution in [0.2, 0.25) is 0 Å². The fourth-order valence-electron chi connectivity index (χ4n) is 3.03. The van der Waals surface area contributed by atoms with Gasteiger partial charge in [-0.3, -0.25) is 4.79 Å². The van der Waals surface area contributed by atoms with Crippen LogP contribution in [0.15, 0.2) is 60.8 Å². The lowest BCUT2D eigenvalue weighted by atomic mass is 10.1. The number of rotatable bonds is 4. The molecule has 0 atom stereocenters. The van der Waals surface area contributed by atoms with E-state index in [1.165, 1.54) is 0 Å². The third-order valence-electron chi connectivity index (χ3n) is 4.47. The molecule has 0 saturated carbocycles. The molecule has 1 aliphatic rings. The maximum Gasteiger partial charge on any atom is 0.251 e. The molecule has 4 aromatic rings. The van der Waals surface area contributed by atoms with Crippen LogP contribution in [0.3, 0.4) is 0 Å². The number of aromatic nitrogens is 4. The van der Waals surface area contributed by atoms with E-state index in [0.717, 1.165) is 17.0 Å². The molecule has 0 fully saturated rings. The van der Waals surface area contributed by atoms with Crippen LogP contribution in [0.5, 0.6) is 11.5 Å². The molecule has 8 heteroatoms. The van der Waals surface area contributed by atoms with Gasteiger partial charge >= 0.3 is 0 Å². The smallest absolute Gasteiger partial charge is 0.251 e. The number of pyridine rings is 1. The molecule has 1 aliphatic heterocycles. The zero-order valence-electron chi connectivity index (χ0n) is 14.7. The molecule has 2 aromatic heterocycles. The monoisotopic (exact) mass is 373 g/mol. The number of carbonyl (C=O) groups excluding carboxylic acids is 1. The summed E-state index contributed by atoms with van der Waals surface area (Å²) in [5.41, 5.74) is 3.67. The Morgan fingerprint density at radius 3 is 2.82 bits per heavy atom. The molecular formula is C20H15N5O3. The van der Waals surface area contributed by atoms with Crippen molar-refractivity contribution in [3.05, 3.63) is 71.9 Å². The number of fused-ring (bicyclic) bond motifs is 2. The normalized spacial score (nSPS) is 12.3. The van der Waals surface area contributed by atoms with Gasteiger partial charge in [0, 0.05) is 18.3 Å². The molecule has 0 aliphatic carbocycles. The first kappa shape index (κ1) is 16.2. The van der Waals surface area contributed by atoms with Crippen molar-refractivity contribution < 1.29 is 14.3 Å². The van der Waals surface area contributed by atoms with E-state index >= 15 is 0 Å². The first-order valence-corrected chi connectivity index (χ1v) is 8.71. The number of carbonyl (C=O) groups is 1. The van der Waals surface area contributed by atoms with Crippen LogP contribution in [0.25, 0.3) is 16.9 Å². The minimum atomic E-state index is -0.161. The Balaban J connectivity index is 1.29. The standard InChI is InChI=1S/C20H15N5O3/c26-20(22-11-13-3-8-17-18(10-13)28-12-27-17)14-4-6-15(7-5-14)25-19-16(23-24-25)2-1-9-21-19/h1-10H,11-12H2,(H,22,26). The van der Waals surface area contributed by atoms with Crippen molar-refractivity contribution in [2.45, 2.75) is 6.54 Å². The fourth-order valence-corrected chi connectivity index (χ4v) is 3.03. The average molecular weight is 373 g/mol. The van der Waals surface area contributed by atoms with Gasteiger partial charge in [-0.25, -0.2) is 4.98 Å². The number of nitrogens with zero attached hydrogens (tertiary/aromatic N) is 4. The van der Waals surface area contributed by atoms with Crippen LogP contribution in [-0.4, -0.2) is 32.7 Å². The molecule has 0 radical (unpaired) electrons. The predicted molar refractivity (Wildman–Crippen MR) is 100 cm³/mol. The van der Waals surface area contributed by atoms with Gasteiger partial charge in [0.25, 0.3) is 5.91 Å². The summed E-state index contributed by atoms with van der Waals surface area (Å²) < 4.78 is 12.3. The van der Waals surface area contributed by atoms with E-state index in [1.54, 1.807) is 23.0 Å². The van der Waals surface area contributed by atoms with Gasteiger partial charge in [0.05, 0.1) is 5.69 Å². The summed E-state index contributed by atoms with van der Waals surface area (Å²) in [6.45, 7) is 0.628. The number of amides is 1. The van der Waals surface area contributed by atoms with E-state index < -0.39 is 0 Å². The van der Waals surface area contributed by atoms with Gasteiger partial charge in [0.2, 0.25) is 6.79 Å². The lowest BCUT2D eigenvalue weighted by molar-refractivity contribution is 0.0951. The molecule has 0 unspecified atom stereocenters. The Labute approximate surface area is 159 Å². The van der Waals surface area contributed by atoms with E-state index in [-0.39, 0.29) is 12.7 Å². The van der Waals surface area contributed by atoms with Crippen LogP contribution in [0.1, 0.15) is 15.9 Å². The molecule has 1 N–H and O–H groups in total. The zero-order valence-corrected chi connectivity index (χ0v) is 14.7. The Bertz CT molecular complexity index is 1170. The van der Waals surface area contributed by atoms with Crippen LogP contribution in [0, 0.1) is 0 Å². The number of hydrogen-bond acceptors (Lipinski definition) is 6. The highest BCUT2D eigenvalue weighted by Crippen LogP contribution is 2.32. The van der Waals surface area contributed by atoms with Gasteiger partial charge in [-0.1, -0.05) is 11.3 Å². The summed E-state index contributed by atoms with van der Waals surface area (Å²) in [6.07, 6.45) is 1.69. The number of hydrogen-bond donors (Lipinski definition) is 1. The molecule has 3 heterocycles. The molecule has 8 nitrogen and oxygen atoms in total. The SMILES string of the molecule is O=C(NCc1ccc2c(c1)OCO2)c1ccc(-n2nnc3cccnc32)cc1. The summed E-state index contributed by atoms with van der Waals surface area (Å²) in [5.74, 6) is 1.26. The van der Waals surface area contributed by atoms with Crippen LogP contribution < -0.4 is 14.8 Å². The van der Waals surface area contributed by atoms with Crippen molar-refractivity contribution in [3.8, 4) is 17.2 Å². The van der Waals surface area contributed by atoms with E-state index in [4.69, 9.17) is 9.47 Å². The molecule has 0 spiro atoms. The lowest BCUT2D eigenvalue weighted by Gasteiger charge is -2.07. The second-order valence-corrected chi connectivity index (χ2v) is 6.26. The van der Waals surface area contributed by atoms with Crippen molar-refractivity contribution >= 4 is 17.1 Å². The van der Waals surface area contributed by atoms with Crippen molar-refractivity contribution in [2.75, 3.05) is 6.79 Å². The number of benzene rings is 2. The molecule has 1 amide bonds. The molecule has 5 rings (SSSR count). The van der Waals surface area contributed by atoms with Crippen molar-refractivity contribution in [3.63, 3.8) is 0 Å². The minimum Gasteiger partial charge on any atom is -0.454 e. The van der Waals surface area contributed by atoms with Gasteiger partial charge < -0.3 is 14.8 Å². The highest BCUT2D eigenvalue weighted by molar-refractivity contribution is 5.94. The van der Waals surface area contributed by atoms with Crippen molar-refractivity contribution in [2.24, 2.45) is 0 Å². The van der Waals surface area contributed by atoms with Crippen molar-refractivity contribution in [1.29, 1.82) is 0 Å². The fraction of sp³-hybridized carbons (Fsp3) is 0.100. The van der Waals surface area contributed by atoms with Gasteiger partial charge in [0.15, 0.2) is 17.1 Å². The first-order chi connectivity index (χ1) is 13.8. The third kappa shape index (κ3) is 2.90. The summed E-state index contributed by atoms with van der Waals surface area (Å²) >= 11 is 0. The summed E-state index contributed by atoms with van der Waals surface area (Å²) in [7, 11) is 0. The summed E-state index contributed by atoms with van der Waals surface area (Å²) in [6, 6.07) is 16.4. The van der Waals surface area contributed by atoms with Crippen LogP contribution >= 0.6 is 0 Å². The number of ether oxygens (including phenoxy) is 2. The third-order valence-corrected chi connectivity index (χ3v) is 4.47. The van der Waals surface area contributed by atoms with Gasteiger partial charge in [-0.2, -0.15) is 4.68 Å². The lowest BCUT2D eigenvalue weighted by Crippen LogP contribution is -2.22. The van der Waals surface area contributed by atoms with Gasteiger partial charge in [-0.15, -0.1) is 5.10 Å². The molecular weight excluding hydrogens is 358 g/mol. The maximum absolute atomic E-state index is 12.4. The second-order valence-electron chi connectivity index (χ2n) is 6.26. The average Bonchev–Trinajstić information content (AvgIpc) is 3.38. The Morgan fingerprint density at radius 2 is 1.93 bits per heavy atom. The summed E-state index contributed by atoms with van der Waals surface area (Å²) in [4.78, 5) is 16.8. The predicted octanol–water partition coefficient (Wildman–Crippen LogP) is 2.47. The quantitative estimate of drug-likeness (QED) is 0.591. The Kier molecular flexibility index (Phi) is 3.86. The Morgan fingerprint density at radius 1 is 1.07 bits per heavy atom. The zero-order chi connectivity index (χ0) is 18.9.